The SMILES string of the molecule is CCN(CCC#N)c1nnc(Br)s1. The van der Waals surface area contributed by atoms with E-state index in [9.17, 15) is 0 Å². The smallest absolute Gasteiger partial charge is 0.209 e. The molecule has 0 saturated heterocycles. The van der Waals surface area contributed by atoms with Crippen molar-refractivity contribution in [2.45, 2.75) is 13.3 Å². The van der Waals surface area contributed by atoms with E-state index in [1.165, 1.54) is 11.3 Å². The molecule has 13 heavy (non-hydrogen) atoms. The lowest BCUT2D eigenvalue weighted by Crippen LogP contribution is -2.23. The molecule has 0 aliphatic rings. The number of aromatic nitrogens is 2. The van der Waals surface area contributed by atoms with Gasteiger partial charge in [-0.05, 0) is 22.9 Å². The van der Waals surface area contributed by atoms with Crippen LogP contribution in [0.3, 0.4) is 0 Å². The van der Waals surface area contributed by atoms with Crippen LogP contribution in [0.5, 0.6) is 0 Å². The van der Waals surface area contributed by atoms with Crippen LogP contribution in [0.2, 0.25) is 0 Å². The van der Waals surface area contributed by atoms with Crippen molar-refractivity contribution < 1.29 is 0 Å². The summed E-state index contributed by atoms with van der Waals surface area (Å²) < 4.78 is 0.776. The second-order valence-corrected chi connectivity index (χ2v) is 4.56. The highest BCUT2D eigenvalue weighted by Crippen LogP contribution is 2.23. The molecule has 1 aromatic rings. The molecule has 0 fully saturated rings. The first-order chi connectivity index (χ1) is 6.27. The van der Waals surface area contributed by atoms with Gasteiger partial charge in [0.25, 0.3) is 0 Å². The lowest BCUT2D eigenvalue weighted by molar-refractivity contribution is 0.811. The molecule has 0 spiro atoms. The number of anilines is 1. The fourth-order valence-electron chi connectivity index (χ4n) is 0.900. The Morgan fingerprint density at radius 3 is 2.85 bits per heavy atom. The second-order valence-electron chi connectivity index (χ2n) is 2.33. The van der Waals surface area contributed by atoms with E-state index in [0.29, 0.717) is 13.0 Å². The topological polar surface area (TPSA) is 52.8 Å². The van der Waals surface area contributed by atoms with E-state index in [0.717, 1.165) is 15.6 Å². The minimum Gasteiger partial charge on any atom is -0.346 e. The summed E-state index contributed by atoms with van der Waals surface area (Å²) in [6.07, 6.45) is 0.519. The van der Waals surface area contributed by atoms with Gasteiger partial charge in [-0.1, -0.05) is 11.3 Å². The number of rotatable bonds is 4. The van der Waals surface area contributed by atoms with Gasteiger partial charge in [0.05, 0.1) is 12.5 Å². The quantitative estimate of drug-likeness (QED) is 0.832. The van der Waals surface area contributed by atoms with Crippen LogP contribution in [-0.4, -0.2) is 23.3 Å². The largest absolute Gasteiger partial charge is 0.346 e. The third kappa shape index (κ3) is 2.94. The summed E-state index contributed by atoms with van der Waals surface area (Å²) in [5.41, 5.74) is 0. The van der Waals surface area contributed by atoms with Crippen molar-refractivity contribution in [3.8, 4) is 6.07 Å². The molecule has 1 aromatic heterocycles. The van der Waals surface area contributed by atoms with Crippen LogP contribution in [0.25, 0.3) is 0 Å². The molecule has 0 aliphatic carbocycles. The van der Waals surface area contributed by atoms with Crippen molar-refractivity contribution in [2.24, 2.45) is 0 Å². The molecule has 0 radical (unpaired) electrons. The first-order valence-corrected chi connectivity index (χ1v) is 5.49. The average molecular weight is 261 g/mol. The first-order valence-electron chi connectivity index (χ1n) is 3.88. The molecule has 0 unspecified atom stereocenters. The molecule has 0 N–H and O–H groups in total. The van der Waals surface area contributed by atoms with Gasteiger partial charge < -0.3 is 4.90 Å². The number of hydrogen-bond acceptors (Lipinski definition) is 5. The van der Waals surface area contributed by atoms with Gasteiger partial charge >= 0.3 is 0 Å². The normalized spacial score (nSPS) is 9.62. The molecule has 0 atom stereocenters. The molecule has 1 heterocycles. The Morgan fingerprint density at radius 2 is 2.38 bits per heavy atom. The van der Waals surface area contributed by atoms with E-state index >= 15 is 0 Å². The molecular formula is C7H9BrN4S. The molecule has 0 bridgehead atoms. The number of hydrogen-bond donors (Lipinski definition) is 0. The van der Waals surface area contributed by atoms with Gasteiger partial charge in [0.1, 0.15) is 0 Å². The Labute approximate surface area is 89.3 Å². The van der Waals surface area contributed by atoms with Gasteiger partial charge in [-0.3, -0.25) is 0 Å². The van der Waals surface area contributed by atoms with Crippen LogP contribution < -0.4 is 4.90 Å². The second kappa shape index (κ2) is 5.14. The highest BCUT2D eigenvalue weighted by atomic mass is 79.9. The van der Waals surface area contributed by atoms with E-state index < -0.39 is 0 Å². The molecule has 0 aliphatic heterocycles. The maximum Gasteiger partial charge on any atom is 0.209 e. The highest BCUT2D eigenvalue weighted by molar-refractivity contribution is 9.11. The zero-order chi connectivity index (χ0) is 9.68. The van der Waals surface area contributed by atoms with E-state index in [1.807, 2.05) is 11.8 Å². The lowest BCUT2D eigenvalue weighted by Gasteiger charge is -2.16. The molecule has 70 valence electrons. The van der Waals surface area contributed by atoms with E-state index in [1.54, 1.807) is 0 Å². The van der Waals surface area contributed by atoms with Gasteiger partial charge in [-0.15, -0.1) is 10.2 Å². The standard InChI is InChI=1S/C7H9BrN4S/c1-2-12(5-3-4-9)7-11-10-6(8)13-7/h2-3,5H2,1H3. The summed E-state index contributed by atoms with van der Waals surface area (Å²) >= 11 is 4.73. The minimum atomic E-state index is 0.519. The van der Waals surface area contributed by atoms with E-state index in [4.69, 9.17) is 5.26 Å². The van der Waals surface area contributed by atoms with Gasteiger partial charge in [-0.25, -0.2) is 0 Å². The van der Waals surface area contributed by atoms with Crippen LogP contribution in [0.15, 0.2) is 3.92 Å². The Hall–Kier alpha value is -0.670. The predicted octanol–water partition coefficient (Wildman–Crippen LogP) is 2.04. The molecular weight excluding hydrogens is 252 g/mol. The summed E-state index contributed by atoms with van der Waals surface area (Å²) in [7, 11) is 0. The van der Waals surface area contributed by atoms with Gasteiger partial charge in [0.15, 0.2) is 3.92 Å². The Bertz CT molecular complexity index is 306. The average Bonchev–Trinajstić information content (AvgIpc) is 2.54. The zero-order valence-corrected chi connectivity index (χ0v) is 9.60. The molecule has 1 rings (SSSR count). The predicted molar refractivity (Wildman–Crippen MR) is 55.7 cm³/mol. The maximum absolute atomic E-state index is 8.44. The summed E-state index contributed by atoms with van der Waals surface area (Å²) in [5.74, 6) is 0. The monoisotopic (exact) mass is 260 g/mol. The fourth-order valence-corrected chi connectivity index (χ4v) is 2.08. The number of halogens is 1. The number of nitriles is 1. The van der Waals surface area contributed by atoms with Crippen LogP contribution in [0, 0.1) is 11.3 Å². The molecule has 0 amide bonds. The molecule has 0 aromatic carbocycles. The fraction of sp³-hybridized carbons (Fsp3) is 0.571. The highest BCUT2D eigenvalue weighted by Gasteiger charge is 2.08. The van der Waals surface area contributed by atoms with Crippen LogP contribution in [0.4, 0.5) is 5.13 Å². The van der Waals surface area contributed by atoms with Crippen molar-refractivity contribution in [1.29, 1.82) is 5.26 Å². The summed E-state index contributed by atoms with van der Waals surface area (Å²) in [5, 5.41) is 17.1. The number of nitrogens with zero attached hydrogens (tertiary/aromatic N) is 4. The van der Waals surface area contributed by atoms with Gasteiger partial charge in [0, 0.05) is 13.1 Å². The van der Waals surface area contributed by atoms with Crippen LogP contribution in [-0.2, 0) is 0 Å². The zero-order valence-electron chi connectivity index (χ0n) is 7.20. The van der Waals surface area contributed by atoms with Crippen molar-refractivity contribution in [3.63, 3.8) is 0 Å². The van der Waals surface area contributed by atoms with Gasteiger partial charge in [-0.2, -0.15) is 5.26 Å². The van der Waals surface area contributed by atoms with Crippen LogP contribution in [0.1, 0.15) is 13.3 Å². The summed E-state index contributed by atoms with van der Waals surface area (Å²) in [6, 6.07) is 2.11. The molecule has 0 saturated carbocycles. The maximum atomic E-state index is 8.44. The van der Waals surface area contributed by atoms with Crippen molar-refractivity contribution in [3.05, 3.63) is 3.92 Å². The lowest BCUT2D eigenvalue weighted by atomic mass is 10.4. The molecule has 6 heteroatoms. The van der Waals surface area contributed by atoms with Crippen molar-refractivity contribution >= 4 is 32.4 Å². The molecule has 4 nitrogen and oxygen atoms in total. The van der Waals surface area contributed by atoms with Crippen molar-refractivity contribution in [2.75, 3.05) is 18.0 Å². The van der Waals surface area contributed by atoms with E-state index in [-0.39, 0.29) is 0 Å². The minimum absolute atomic E-state index is 0.519. The summed E-state index contributed by atoms with van der Waals surface area (Å²) in [6.45, 7) is 3.60. The Kier molecular flexibility index (Phi) is 4.12. The third-order valence-electron chi connectivity index (χ3n) is 1.54. The summed E-state index contributed by atoms with van der Waals surface area (Å²) in [4.78, 5) is 2.03. The van der Waals surface area contributed by atoms with E-state index in [2.05, 4.69) is 32.2 Å². The van der Waals surface area contributed by atoms with Crippen LogP contribution >= 0.6 is 27.3 Å². The third-order valence-corrected chi connectivity index (χ3v) is 2.95. The van der Waals surface area contributed by atoms with Gasteiger partial charge in [0.2, 0.25) is 5.13 Å². The Balaban J connectivity index is 2.62. The first kappa shape index (κ1) is 10.4. The Morgan fingerprint density at radius 1 is 1.62 bits per heavy atom. The van der Waals surface area contributed by atoms with Crippen molar-refractivity contribution in [1.82, 2.24) is 10.2 Å².